The lowest BCUT2D eigenvalue weighted by atomic mass is 9.99. The van der Waals surface area contributed by atoms with Crippen LogP contribution in [-0.2, 0) is 19.0 Å². The molecule has 0 aliphatic carbocycles. The second-order valence-corrected chi connectivity index (χ2v) is 9.10. The molecule has 4 atom stereocenters. The Hall–Kier alpha value is -3.63. The van der Waals surface area contributed by atoms with E-state index in [4.69, 9.17) is 14.2 Å². The van der Waals surface area contributed by atoms with Crippen LogP contribution in [0.1, 0.15) is 31.4 Å². The second kappa shape index (κ2) is 12.4. The van der Waals surface area contributed by atoms with Crippen molar-refractivity contribution in [3.63, 3.8) is 0 Å². The van der Waals surface area contributed by atoms with Crippen molar-refractivity contribution in [2.24, 2.45) is 5.92 Å². The van der Waals surface area contributed by atoms with Gasteiger partial charge in [0.25, 0.3) is 0 Å². The number of nitrogens with one attached hydrogen (secondary N) is 3. The van der Waals surface area contributed by atoms with Crippen molar-refractivity contribution >= 4 is 29.5 Å². The van der Waals surface area contributed by atoms with Crippen molar-refractivity contribution in [3.05, 3.63) is 59.7 Å². The Labute approximate surface area is 210 Å². The van der Waals surface area contributed by atoms with E-state index in [1.165, 1.54) is 0 Å². The number of amides is 3. The molecule has 1 aliphatic rings. The average Bonchev–Trinajstić information content (AvgIpc) is 2.82. The molecule has 1 saturated heterocycles. The van der Waals surface area contributed by atoms with Crippen molar-refractivity contribution in [2.45, 2.75) is 58.7 Å². The zero-order valence-corrected chi connectivity index (χ0v) is 20.8. The first kappa shape index (κ1) is 27.0. The van der Waals surface area contributed by atoms with E-state index in [9.17, 15) is 19.5 Å². The summed E-state index contributed by atoms with van der Waals surface area (Å²) < 4.78 is 16.4. The number of aryl methyl sites for hydroxylation is 2. The molecule has 0 unspecified atom stereocenters. The van der Waals surface area contributed by atoms with Crippen LogP contribution in [0.15, 0.2) is 48.5 Å². The van der Waals surface area contributed by atoms with Gasteiger partial charge in [0.15, 0.2) is 6.29 Å². The number of hydrogen-bond donors (Lipinski definition) is 4. The first-order valence-corrected chi connectivity index (χ1v) is 11.8. The van der Waals surface area contributed by atoms with Gasteiger partial charge in [0.2, 0.25) is 5.91 Å². The summed E-state index contributed by atoms with van der Waals surface area (Å²) >= 11 is 0. The molecule has 4 N–H and O–H groups in total. The number of aliphatic hydroxyl groups is 1. The van der Waals surface area contributed by atoms with Crippen LogP contribution in [0.2, 0.25) is 0 Å². The molecule has 36 heavy (non-hydrogen) atoms. The van der Waals surface area contributed by atoms with Gasteiger partial charge in [-0.15, -0.1) is 0 Å². The van der Waals surface area contributed by atoms with Crippen LogP contribution in [0, 0.1) is 19.8 Å². The van der Waals surface area contributed by atoms with Gasteiger partial charge < -0.3 is 24.6 Å². The van der Waals surface area contributed by atoms with Gasteiger partial charge in [0, 0.05) is 23.7 Å². The van der Waals surface area contributed by atoms with E-state index in [-0.39, 0.29) is 24.9 Å². The first-order valence-electron chi connectivity index (χ1n) is 11.8. The minimum atomic E-state index is -1.48. The Kier molecular flexibility index (Phi) is 9.26. The van der Waals surface area contributed by atoms with E-state index in [0.717, 1.165) is 11.1 Å². The molecule has 0 radical (unpaired) electrons. The zero-order chi connectivity index (χ0) is 26.2. The highest BCUT2D eigenvalue weighted by Crippen LogP contribution is 2.24. The smallest absolute Gasteiger partial charge is 0.411 e. The summed E-state index contributed by atoms with van der Waals surface area (Å²) in [6.07, 6.45) is -4.55. The van der Waals surface area contributed by atoms with Crippen LogP contribution in [0.25, 0.3) is 0 Å². The number of ether oxygens (including phenoxy) is 3. The second-order valence-electron chi connectivity index (χ2n) is 9.10. The summed E-state index contributed by atoms with van der Waals surface area (Å²) in [6, 6.07) is 13.3. The Morgan fingerprint density at radius 2 is 1.47 bits per heavy atom. The highest BCUT2D eigenvalue weighted by atomic mass is 16.6. The van der Waals surface area contributed by atoms with Crippen LogP contribution in [0.3, 0.4) is 0 Å². The maximum absolute atomic E-state index is 12.6. The van der Waals surface area contributed by atoms with Crippen LogP contribution >= 0.6 is 0 Å². The van der Waals surface area contributed by atoms with Crippen LogP contribution in [0.5, 0.6) is 0 Å². The minimum absolute atomic E-state index is 0.0826. The molecule has 194 valence electrons. The number of carbonyl (C=O) groups is 3. The molecule has 10 heteroatoms. The molecule has 0 bridgehead atoms. The molecule has 0 aromatic heterocycles. The standard InChI is InChI=1S/C26H33N3O7/c1-15(2)23(30)29-22-21(36-26(33)28-19-11-7-17(4)8-12-19)13-20(35-24(22)31)14-34-25(32)27-18-9-5-16(3)6-10-18/h5-12,15,20-22,24,31H,13-14H2,1-4H3,(H,27,32)(H,28,33)(H,29,30)/t20-,21-,22+,24+/m0/s1. The Morgan fingerprint density at radius 3 is 2.00 bits per heavy atom. The van der Waals surface area contributed by atoms with Crippen molar-refractivity contribution in [2.75, 3.05) is 17.2 Å². The van der Waals surface area contributed by atoms with Gasteiger partial charge in [0.1, 0.15) is 18.8 Å². The Balaban J connectivity index is 1.62. The molecule has 1 heterocycles. The number of benzene rings is 2. The lowest BCUT2D eigenvalue weighted by Crippen LogP contribution is -2.59. The maximum atomic E-state index is 12.6. The average molecular weight is 500 g/mol. The van der Waals surface area contributed by atoms with Gasteiger partial charge >= 0.3 is 12.2 Å². The Bertz CT molecular complexity index is 1040. The SMILES string of the molecule is Cc1ccc(NC(=O)OC[C@@H]2C[C@H](OC(=O)Nc3ccc(C)cc3)[C@@H](NC(=O)C(C)C)[C@H](O)O2)cc1. The van der Waals surface area contributed by atoms with E-state index >= 15 is 0 Å². The molecule has 3 rings (SSSR count). The van der Waals surface area contributed by atoms with Crippen LogP contribution in [-0.4, -0.2) is 54.3 Å². The fourth-order valence-corrected chi connectivity index (χ4v) is 3.53. The maximum Gasteiger partial charge on any atom is 0.411 e. The fourth-order valence-electron chi connectivity index (χ4n) is 3.53. The molecular weight excluding hydrogens is 466 g/mol. The third-order valence-electron chi connectivity index (χ3n) is 5.62. The Morgan fingerprint density at radius 1 is 0.944 bits per heavy atom. The third-order valence-corrected chi connectivity index (χ3v) is 5.62. The first-order chi connectivity index (χ1) is 17.1. The summed E-state index contributed by atoms with van der Waals surface area (Å²) in [6.45, 7) is 7.07. The highest BCUT2D eigenvalue weighted by molar-refractivity contribution is 5.85. The normalized spacial score (nSPS) is 21.4. The third kappa shape index (κ3) is 7.96. The number of carbonyl (C=O) groups excluding carboxylic acids is 3. The largest absolute Gasteiger partial charge is 0.447 e. The molecule has 0 spiro atoms. The monoisotopic (exact) mass is 499 g/mol. The molecule has 1 aliphatic heterocycles. The van der Waals surface area contributed by atoms with Gasteiger partial charge in [-0.2, -0.15) is 0 Å². The van der Waals surface area contributed by atoms with Crippen LogP contribution < -0.4 is 16.0 Å². The number of aliphatic hydroxyl groups excluding tert-OH is 1. The molecule has 0 saturated carbocycles. The molecule has 10 nitrogen and oxygen atoms in total. The van der Waals surface area contributed by atoms with Crippen molar-refractivity contribution in [1.82, 2.24) is 5.32 Å². The molecule has 1 fully saturated rings. The minimum Gasteiger partial charge on any atom is -0.447 e. The molecule has 3 amide bonds. The molecular formula is C26H33N3O7. The van der Waals surface area contributed by atoms with Gasteiger partial charge in [-0.1, -0.05) is 49.2 Å². The van der Waals surface area contributed by atoms with Crippen molar-refractivity contribution < 1.29 is 33.7 Å². The summed E-state index contributed by atoms with van der Waals surface area (Å²) in [5, 5.41) is 18.5. The van der Waals surface area contributed by atoms with Crippen molar-refractivity contribution in [1.29, 1.82) is 0 Å². The quantitative estimate of drug-likeness (QED) is 0.456. The van der Waals surface area contributed by atoms with E-state index in [2.05, 4.69) is 16.0 Å². The fraction of sp³-hybridized carbons (Fsp3) is 0.423. The zero-order valence-electron chi connectivity index (χ0n) is 20.8. The highest BCUT2D eigenvalue weighted by Gasteiger charge is 2.42. The van der Waals surface area contributed by atoms with E-state index in [0.29, 0.717) is 11.4 Å². The van der Waals surface area contributed by atoms with Crippen molar-refractivity contribution in [3.8, 4) is 0 Å². The van der Waals surface area contributed by atoms with E-state index in [1.807, 2.05) is 38.1 Å². The van der Waals surface area contributed by atoms with Gasteiger partial charge in [-0.05, 0) is 38.1 Å². The number of rotatable bonds is 7. The summed E-state index contributed by atoms with van der Waals surface area (Å²) in [5.41, 5.74) is 3.19. The lowest BCUT2D eigenvalue weighted by molar-refractivity contribution is -0.213. The molecule has 2 aromatic carbocycles. The van der Waals surface area contributed by atoms with Gasteiger partial charge in [-0.3, -0.25) is 15.4 Å². The topological polar surface area (TPSA) is 135 Å². The summed E-state index contributed by atoms with van der Waals surface area (Å²) in [4.78, 5) is 37.1. The predicted octanol–water partition coefficient (Wildman–Crippen LogP) is 3.72. The number of anilines is 2. The van der Waals surface area contributed by atoms with Crippen LogP contribution in [0.4, 0.5) is 21.0 Å². The van der Waals surface area contributed by atoms with E-state index in [1.54, 1.807) is 38.1 Å². The lowest BCUT2D eigenvalue weighted by Gasteiger charge is -2.39. The van der Waals surface area contributed by atoms with Gasteiger partial charge in [0.05, 0.1) is 6.10 Å². The predicted molar refractivity (Wildman–Crippen MR) is 133 cm³/mol. The molecule has 2 aromatic rings. The van der Waals surface area contributed by atoms with Gasteiger partial charge in [-0.25, -0.2) is 9.59 Å². The van der Waals surface area contributed by atoms with E-state index < -0.39 is 36.7 Å². The summed E-state index contributed by atoms with van der Waals surface area (Å²) in [5.74, 6) is -0.687. The number of hydrogen-bond acceptors (Lipinski definition) is 7. The summed E-state index contributed by atoms with van der Waals surface area (Å²) in [7, 11) is 0.